The van der Waals surface area contributed by atoms with Crippen LogP contribution in [0.3, 0.4) is 0 Å². The van der Waals surface area contributed by atoms with Gasteiger partial charge in [0.05, 0.1) is 6.61 Å². The molecule has 5 heteroatoms. The summed E-state index contributed by atoms with van der Waals surface area (Å²) in [6, 6.07) is 5.85. The normalized spacial score (nSPS) is 20.9. The van der Waals surface area contributed by atoms with E-state index in [1.54, 1.807) is 0 Å². The van der Waals surface area contributed by atoms with Gasteiger partial charge in [0.25, 0.3) is 0 Å². The maximum Gasteiger partial charge on any atom is 0.247 e. The Hall–Kier alpha value is -1.10. The Bertz CT molecular complexity index is 451. The molecular formula is C13H17ClN2O2. The van der Waals surface area contributed by atoms with Gasteiger partial charge in [0.2, 0.25) is 5.91 Å². The van der Waals surface area contributed by atoms with Crippen molar-refractivity contribution < 1.29 is 9.53 Å². The summed E-state index contributed by atoms with van der Waals surface area (Å²) in [5.74, 6) is -0.396. The number of morpholine rings is 1. The number of halogens is 1. The first-order valence-corrected chi connectivity index (χ1v) is 6.32. The number of aryl methyl sites for hydroxylation is 1. The average Bonchev–Trinajstić information content (AvgIpc) is 2.33. The van der Waals surface area contributed by atoms with E-state index in [2.05, 4.69) is 4.90 Å². The molecule has 0 aromatic heterocycles. The van der Waals surface area contributed by atoms with Crippen LogP contribution in [0.2, 0.25) is 5.02 Å². The predicted octanol–water partition coefficient (Wildman–Crippen LogP) is 1.33. The number of carbonyl (C=O) groups is 1. The Balaban J connectivity index is 2.02. The largest absolute Gasteiger partial charge is 0.367 e. The van der Waals surface area contributed by atoms with Crippen LogP contribution in [0.1, 0.15) is 11.1 Å². The second-order valence-corrected chi connectivity index (χ2v) is 5.00. The van der Waals surface area contributed by atoms with Crippen molar-refractivity contribution >= 4 is 17.5 Å². The van der Waals surface area contributed by atoms with Gasteiger partial charge in [-0.2, -0.15) is 0 Å². The highest BCUT2D eigenvalue weighted by atomic mass is 35.5. The van der Waals surface area contributed by atoms with Crippen molar-refractivity contribution in [1.82, 2.24) is 4.90 Å². The molecule has 1 aliphatic rings. The molecule has 0 saturated carbocycles. The topological polar surface area (TPSA) is 55.6 Å². The van der Waals surface area contributed by atoms with Crippen LogP contribution < -0.4 is 5.73 Å². The van der Waals surface area contributed by atoms with Crippen molar-refractivity contribution in [2.45, 2.75) is 19.6 Å². The molecule has 98 valence electrons. The lowest BCUT2D eigenvalue weighted by Crippen LogP contribution is -2.47. The average molecular weight is 269 g/mol. The van der Waals surface area contributed by atoms with Crippen molar-refractivity contribution in [1.29, 1.82) is 0 Å². The maximum atomic E-state index is 11.1. The van der Waals surface area contributed by atoms with Gasteiger partial charge in [0.1, 0.15) is 6.10 Å². The summed E-state index contributed by atoms with van der Waals surface area (Å²) >= 11 is 5.93. The molecule has 2 N–H and O–H groups in total. The van der Waals surface area contributed by atoms with Crippen LogP contribution in [0.25, 0.3) is 0 Å². The highest BCUT2D eigenvalue weighted by Crippen LogP contribution is 2.18. The van der Waals surface area contributed by atoms with Crippen molar-refractivity contribution in [3.8, 4) is 0 Å². The standard InChI is InChI=1S/C13H17ClN2O2/c1-9-6-11(14)3-2-10(9)7-16-4-5-18-12(8-16)13(15)17/h2-3,6,12H,4-5,7-8H2,1H3,(H2,15,17). The molecule has 1 heterocycles. The molecule has 1 saturated heterocycles. The van der Waals surface area contributed by atoms with E-state index in [1.807, 2.05) is 25.1 Å². The first-order valence-electron chi connectivity index (χ1n) is 5.94. The first kappa shape index (κ1) is 13.3. The predicted molar refractivity (Wildman–Crippen MR) is 70.4 cm³/mol. The van der Waals surface area contributed by atoms with Gasteiger partial charge in [-0.1, -0.05) is 17.7 Å². The molecule has 1 unspecified atom stereocenters. The van der Waals surface area contributed by atoms with E-state index in [9.17, 15) is 4.79 Å². The summed E-state index contributed by atoms with van der Waals surface area (Å²) in [5.41, 5.74) is 7.63. The minimum absolute atomic E-state index is 0.396. The van der Waals surface area contributed by atoms with E-state index in [0.717, 1.165) is 23.7 Å². The molecule has 1 fully saturated rings. The van der Waals surface area contributed by atoms with Crippen LogP contribution >= 0.6 is 11.6 Å². The number of nitrogens with two attached hydrogens (primary N) is 1. The number of ether oxygens (including phenoxy) is 1. The number of rotatable bonds is 3. The summed E-state index contributed by atoms with van der Waals surface area (Å²) in [6.45, 7) is 4.73. The number of nitrogens with zero attached hydrogens (tertiary/aromatic N) is 1. The van der Waals surface area contributed by atoms with Crippen LogP contribution in [-0.4, -0.2) is 36.6 Å². The summed E-state index contributed by atoms with van der Waals surface area (Å²) < 4.78 is 5.32. The Morgan fingerprint density at radius 1 is 1.61 bits per heavy atom. The van der Waals surface area contributed by atoms with Gasteiger partial charge in [-0.15, -0.1) is 0 Å². The molecule has 18 heavy (non-hydrogen) atoms. The second kappa shape index (κ2) is 5.69. The van der Waals surface area contributed by atoms with Crippen LogP contribution in [0.5, 0.6) is 0 Å². The molecule has 0 bridgehead atoms. The summed E-state index contributed by atoms with van der Waals surface area (Å²) in [5, 5.41) is 0.744. The maximum absolute atomic E-state index is 11.1. The Morgan fingerprint density at radius 2 is 2.39 bits per heavy atom. The van der Waals surface area contributed by atoms with Crippen molar-refractivity contribution in [2.24, 2.45) is 5.73 Å². The zero-order chi connectivity index (χ0) is 13.1. The number of benzene rings is 1. The van der Waals surface area contributed by atoms with E-state index < -0.39 is 12.0 Å². The third-order valence-electron chi connectivity index (χ3n) is 3.17. The van der Waals surface area contributed by atoms with E-state index >= 15 is 0 Å². The number of hydrogen-bond acceptors (Lipinski definition) is 3. The number of primary amides is 1. The first-order chi connectivity index (χ1) is 8.56. The fourth-order valence-electron chi connectivity index (χ4n) is 2.10. The van der Waals surface area contributed by atoms with Gasteiger partial charge in [-0.3, -0.25) is 9.69 Å². The summed E-state index contributed by atoms with van der Waals surface area (Å²) in [6.07, 6.45) is -0.494. The van der Waals surface area contributed by atoms with Crippen molar-refractivity contribution in [2.75, 3.05) is 19.7 Å². The van der Waals surface area contributed by atoms with E-state index in [1.165, 1.54) is 5.56 Å². The zero-order valence-corrected chi connectivity index (χ0v) is 11.1. The molecule has 0 spiro atoms. The molecule has 1 aromatic carbocycles. The molecule has 0 radical (unpaired) electrons. The van der Waals surface area contributed by atoms with Gasteiger partial charge in [-0.25, -0.2) is 0 Å². The Labute approximate surface area is 112 Å². The van der Waals surface area contributed by atoms with Crippen molar-refractivity contribution in [3.63, 3.8) is 0 Å². The monoisotopic (exact) mass is 268 g/mol. The van der Waals surface area contributed by atoms with Gasteiger partial charge in [0.15, 0.2) is 0 Å². The van der Waals surface area contributed by atoms with Crippen LogP contribution in [0, 0.1) is 6.92 Å². The summed E-state index contributed by atoms with van der Waals surface area (Å²) in [7, 11) is 0. The Kier molecular flexibility index (Phi) is 4.22. The van der Waals surface area contributed by atoms with Crippen molar-refractivity contribution in [3.05, 3.63) is 34.3 Å². The minimum Gasteiger partial charge on any atom is -0.367 e. The molecule has 4 nitrogen and oxygen atoms in total. The summed E-state index contributed by atoms with van der Waals surface area (Å²) in [4.78, 5) is 13.3. The molecule has 1 atom stereocenters. The molecule has 1 amide bonds. The fourth-order valence-corrected chi connectivity index (χ4v) is 2.32. The lowest BCUT2D eigenvalue weighted by molar-refractivity contribution is -0.135. The highest BCUT2D eigenvalue weighted by Gasteiger charge is 2.24. The van der Waals surface area contributed by atoms with Crippen LogP contribution in [0.4, 0.5) is 0 Å². The SMILES string of the molecule is Cc1cc(Cl)ccc1CN1CCOC(C(N)=O)C1. The molecular weight excluding hydrogens is 252 g/mol. The third kappa shape index (κ3) is 3.22. The highest BCUT2D eigenvalue weighted by molar-refractivity contribution is 6.30. The zero-order valence-electron chi connectivity index (χ0n) is 10.4. The number of amides is 1. The third-order valence-corrected chi connectivity index (χ3v) is 3.40. The lowest BCUT2D eigenvalue weighted by atomic mass is 10.1. The molecule has 1 aliphatic heterocycles. The van der Waals surface area contributed by atoms with Gasteiger partial charge < -0.3 is 10.5 Å². The molecule has 1 aromatic rings. The van der Waals surface area contributed by atoms with Gasteiger partial charge >= 0.3 is 0 Å². The molecule has 2 rings (SSSR count). The van der Waals surface area contributed by atoms with E-state index in [-0.39, 0.29) is 0 Å². The van der Waals surface area contributed by atoms with Gasteiger partial charge in [0, 0.05) is 24.7 Å². The lowest BCUT2D eigenvalue weighted by Gasteiger charge is -2.31. The second-order valence-electron chi connectivity index (χ2n) is 4.57. The van der Waals surface area contributed by atoms with E-state index in [0.29, 0.717) is 13.2 Å². The van der Waals surface area contributed by atoms with Crippen LogP contribution in [-0.2, 0) is 16.1 Å². The smallest absolute Gasteiger partial charge is 0.247 e. The quantitative estimate of drug-likeness (QED) is 0.900. The minimum atomic E-state index is -0.494. The Morgan fingerprint density at radius 3 is 3.06 bits per heavy atom. The fraction of sp³-hybridized carbons (Fsp3) is 0.462. The van der Waals surface area contributed by atoms with Crippen LogP contribution in [0.15, 0.2) is 18.2 Å². The van der Waals surface area contributed by atoms with Gasteiger partial charge in [-0.05, 0) is 30.2 Å². The number of carbonyl (C=O) groups excluding carboxylic acids is 1. The molecule has 0 aliphatic carbocycles. The van der Waals surface area contributed by atoms with E-state index in [4.69, 9.17) is 22.1 Å². The number of hydrogen-bond donors (Lipinski definition) is 1.